The van der Waals surface area contributed by atoms with Crippen LogP contribution in [0.2, 0.25) is 5.02 Å². The zero-order valence-electron chi connectivity index (χ0n) is 13.7. The molecule has 130 valence electrons. The molecule has 0 saturated carbocycles. The van der Waals surface area contributed by atoms with Gasteiger partial charge in [0.25, 0.3) is 0 Å². The number of halogens is 1. The Balaban J connectivity index is 2.15. The summed E-state index contributed by atoms with van der Waals surface area (Å²) in [5.41, 5.74) is -0.571. The number of allylic oxidation sites excluding steroid dienone is 1. The second-order valence-corrected chi connectivity index (χ2v) is 6.28. The van der Waals surface area contributed by atoms with Crippen LogP contribution < -0.4 is 4.74 Å². The molecule has 2 rings (SSSR count). The van der Waals surface area contributed by atoms with Crippen molar-refractivity contribution in [1.29, 1.82) is 0 Å². The van der Waals surface area contributed by atoms with Crippen LogP contribution in [0.1, 0.15) is 29.8 Å². The molecule has 0 aliphatic rings. The normalized spacial score (nSPS) is 11.5. The van der Waals surface area contributed by atoms with E-state index in [-0.39, 0.29) is 17.1 Å². The molecule has 0 atom stereocenters. The standard InChI is InChI=1S/C19H17ClO5/c1-19(2,18(23)24)25-14-8-9-15(17(22)11-14)16(21)10-5-12-3-6-13(20)7-4-12/h3-11,22H,1-2H3,(H,23,24)/b10-5+. The highest BCUT2D eigenvalue weighted by Crippen LogP contribution is 2.27. The summed E-state index contributed by atoms with van der Waals surface area (Å²) in [7, 11) is 0. The molecular formula is C19H17ClO5. The van der Waals surface area contributed by atoms with E-state index in [0.29, 0.717) is 5.02 Å². The summed E-state index contributed by atoms with van der Waals surface area (Å²) in [5, 5.41) is 19.7. The van der Waals surface area contributed by atoms with Crippen LogP contribution in [0, 0.1) is 0 Å². The Kier molecular flexibility index (Phi) is 5.49. The van der Waals surface area contributed by atoms with E-state index >= 15 is 0 Å². The van der Waals surface area contributed by atoms with E-state index in [1.54, 1.807) is 30.3 Å². The maximum Gasteiger partial charge on any atom is 0.347 e. The van der Waals surface area contributed by atoms with Crippen molar-refractivity contribution in [3.63, 3.8) is 0 Å². The summed E-state index contributed by atoms with van der Waals surface area (Å²) in [6, 6.07) is 11.0. The molecule has 25 heavy (non-hydrogen) atoms. The quantitative estimate of drug-likeness (QED) is 0.596. The van der Waals surface area contributed by atoms with E-state index < -0.39 is 17.4 Å². The van der Waals surface area contributed by atoms with Gasteiger partial charge < -0.3 is 14.9 Å². The number of phenols is 1. The fourth-order valence-electron chi connectivity index (χ4n) is 1.96. The number of hydrogen-bond acceptors (Lipinski definition) is 4. The fourth-order valence-corrected chi connectivity index (χ4v) is 2.08. The molecule has 0 unspecified atom stereocenters. The third-order valence-corrected chi connectivity index (χ3v) is 3.67. The molecule has 2 aromatic carbocycles. The van der Waals surface area contributed by atoms with Gasteiger partial charge in [-0.1, -0.05) is 29.8 Å². The van der Waals surface area contributed by atoms with Gasteiger partial charge in [-0.25, -0.2) is 4.79 Å². The maximum atomic E-state index is 12.2. The van der Waals surface area contributed by atoms with Gasteiger partial charge >= 0.3 is 5.97 Å². The van der Waals surface area contributed by atoms with E-state index in [9.17, 15) is 14.7 Å². The zero-order chi connectivity index (χ0) is 18.6. The van der Waals surface area contributed by atoms with Gasteiger partial charge in [-0.15, -0.1) is 0 Å². The van der Waals surface area contributed by atoms with Gasteiger partial charge in [0.05, 0.1) is 5.56 Å². The smallest absolute Gasteiger partial charge is 0.347 e. The van der Waals surface area contributed by atoms with Crippen molar-refractivity contribution in [2.45, 2.75) is 19.4 Å². The lowest BCUT2D eigenvalue weighted by Crippen LogP contribution is -2.37. The highest BCUT2D eigenvalue weighted by Gasteiger charge is 2.29. The fraction of sp³-hybridized carbons (Fsp3) is 0.158. The molecule has 0 amide bonds. The SMILES string of the molecule is CC(C)(Oc1ccc(C(=O)/C=C/c2ccc(Cl)cc2)c(O)c1)C(=O)O. The monoisotopic (exact) mass is 360 g/mol. The van der Waals surface area contributed by atoms with E-state index in [1.807, 2.05) is 0 Å². The van der Waals surface area contributed by atoms with Crippen molar-refractivity contribution in [2.75, 3.05) is 0 Å². The molecule has 0 aliphatic heterocycles. The highest BCUT2D eigenvalue weighted by atomic mass is 35.5. The highest BCUT2D eigenvalue weighted by molar-refractivity contribution is 6.30. The average Bonchev–Trinajstić information content (AvgIpc) is 2.53. The Hall–Kier alpha value is -2.79. The first kappa shape index (κ1) is 18.5. The number of hydrogen-bond donors (Lipinski definition) is 2. The van der Waals surface area contributed by atoms with Crippen molar-refractivity contribution in [3.05, 3.63) is 64.7 Å². The van der Waals surface area contributed by atoms with Gasteiger partial charge in [-0.2, -0.15) is 0 Å². The number of carboxylic acid groups (broad SMARTS) is 1. The number of carboxylic acids is 1. The molecule has 0 bridgehead atoms. The minimum Gasteiger partial charge on any atom is -0.507 e. The van der Waals surface area contributed by atoms with Gasteiger partial charge in [0.1, 0.15) is 11.5 Å². The lowest BCUT2D eigenvalue weighted by atomic mass is 10.1. The number of ketones is 1. The van der Waals surface area contributed by atoms with Crippen LogP contribution in [0.3, 0.4) is 0 Å². The van der Waals surface area contributed by atoms with Crippen LogP contribution in [-0.2, 0) is 4.79 Å². The average molecular weight is 361 g/mol. The maximum absolute atomic E-state index is 12.2. The lowest BCUT2D eigenvalue weighted by molar-refractivity contribution is -0.152. The zero-order valence-corrected chi connectivity index (χ0v) is 14.4. The predicted molar refractivity (Wildman–Crippen MR) is 95.3 cm³/mol. The van der Waals surface area contributed by atoms with Crippen LogP contribution in [-0.4, -0.2) is 27.6 Å². The number of benzene rings is 2. The van der Waals surface area contributed by atoms with Gasteiger partial charge in [0.15, 0.2) is 11.4 Å². The minimum atomic E-state index is -1.45. The Bertz CT molecular complexity index is 822. The van der Waals surface area contributed by atoms with Crippen LogP contribution >= 0.6 is 11.6 Å². The Labute approximate surface area is 150 Å². The van der Waals surface area contributed by atoms with Crippen molar-refractivity contribution in [3.8, 4) is 11.5 Å². The number of ether oxygens (including phenoxy) is 1. The first-order valence-corrected chi connectivity index (χ1v) is 7.80. The van der Waals surface area contributed by atoms with Crippen LogP contribution in [0.5, 0.6) is 11.5 Å². The lowest BCUT2D eigenvalue weighted by Gasteiger charge is -2.21. The summed E-state index contributed by atoms with van der Waals surface area (Å²) in [5.74, 6) is -1.66. The van der Waals surface area contributed by atoms with Gasteiger partial charge in [0, 0.05) is 11.1 Å². The second-order valence-electron chi connectivity index (χ2n) is 5.85. The van der Waals surface area contributed by atoms with E-state index in [1.165, 1.54) is 38.1 Å². The number of aromatic hydroxyl groups is 1. The summed E-state index contributed by atoms with van der Waals surface area (Å²) in [4.78, 5) is 23.3. The number of carbonyl (C=O) groups is 2. The molecule has 0 saturated heterocycles. The summed E-state index contributed by atoms with van der Waals surface area (Å²) in [6.45, 7) is 2.78. The van der Waals surface area contributed by atoms with E-state index in [2.05, 4.69) is 0 Å². The molecule has 5 nitrogen and oxygen atoms in total. The Morgan fingerprint density at radius 3 is 2.32 bits per heavy atom. The Morgan fingerprint density at radius 2 is 1.76 bits per heavy atom. The van der Waals surface area contributed by atoms with Crippen LogP contribution in [0.25, 0.3) is 6.08 Å². The van der Waals surface area contributed by atoms with E-state index in [0.717, 1.165) is 5.56 Å². The largest absolute Gasteiger partial charge is 0.507 e. The molecular weight excluding hydrogens is 344 g/mol. The Morgan fingerprint density at radius 1 is 1.12 bits per heavy atom. The summed E-state index contributed by atoms with van der Waals surface area (Å²) in [6.07, 6.45) is 2.94. The first-order valence-electron chi connectivity index (χ1n) is 7.42. The third kappa shape index (κ3) is 4.84. The molecule has 0 aromatic heterocycles. The molecule has 0 aliphatic carbocycles. The summed E-state index contributed by atoms with van der Waals surface area (Å²) >= 11 is 5.80. The number of aliphatic carboxylic acids is 1. The van der Waals surface area contributed by atoms with Crippen molar-refractivity contribution in [1.82, 2.24) is 0 Å². The molecule has 6 heteroatoms. The first-order chi connectivity index (χ1) is 11.7. The van der Waals surface area contributed by atoms with E-state index in [4.69, 9.17) is 21.4 Å². The number of rotatable bonds is 6. The number of carbonyl (C=O) groups excluding carboxylic acids is 1. The van der Waals surface area contributed by atoms with Gasteiger partial charge in [-0.3, -0.25) is 4.79 Å². The molecule has 2 aromatic rings. The molecule has 0 fully saturated rings. The molecule has 0 radical (unpaired) electrons. The number of phenolic OH excluding ortho intramolecular Hbond substituents is 1. The van der Waals surface area contributed by atoms with Gasteiger partial charge in [0.2, 0.25) is 0 Å². The van der Waals surface area contributed by atoms with Crippen molar-refractivity contribution >= 4 is 29.4 Å². The molecule has 0 spiro atoms. The minimum absolute atomic E-state index is 0.0886. The topological polar surface area (TPSA) is 83.8 Å². The van der Waals surface area contributed by atoms with Gasteiger partial charge in [-0.05, 0) is 49.8 Å². The predicted octanol–water partition coefficient (Wildman–Crippen LogP) is 4.18. The van der Waals surface area contributed by atoms with Crippen LogP contribution in [0.15, 0.2) is 48.5 Å². The molecule has 0 heterocycles. The third-order valence-electron chi connectivity index (χ3n) is 3.42. The second kappa shape index (κ2) is 7.40. The molecule has 2 N–H and O–H groups in total. The summed E-state index contributed by atoms with van der Waals surface area (Å²) < 4.78 is 5.32. The van der Waals surface area contributed by atoms with Crippen LogP contribution in [0.4, 0.5) is 0 Å². The van der Waals surface area contributed by atoms with Crippen molar-refractivity contribution < 1.29 is 24.5 Å². The van der Waals surface area contributed by atoms with Crippen molar-refractivity contribution in [2.24, 2.45) is 0 Å².